The Labute approximate surface area is 116 Å². The van der Waals surface area contributed by atoms with Crippen LogP contribution < -0.4 is 5.73 Å². The average molecular weight is 271 g/mol. The number of hydrogen-bond donors (Lipinski definition) is 1. The molecule has 1 unspecified atom stereocenters. The van der Waals surface area contributed by atoms with Crippen LogP contribution in [0.3, 0.4) is 0 Å². The second-order valence-electron chi connectivity index (χ2n) is 4.52. The summed E-state index contributed by atoms with van der Waals surface area (Å²) in [7, 11) is 0. The molecule has 96 valence electrons. The van der Waals surface area contributed by atoms with Crippen LogP contribution in [-0.4, -0.2) is 29.1 Å². The van der Waals surface area contributed by atoms with Crippen LogP contribution in [0.4, 0.5) is 4.79 Å². The number of terminal acetylenes is 1. The van der Waals surface area contributed by atoms with Gasteiger partial charge in [0.15, 0.2) is 0 Å². The predicted octanol–water partition coefficient (Wildman–Crippen LogP) is 1.80. The number of rotatable bonds is 1. The van der Waals surface area contributed by atoms with Crippen LogP contribution in [0.25, 0.3) is 0 Å². The van der Waals surface area contributed by atoms with E-state index in [0.29, 0.717) is 5.84 Å². The molecule has 1 aromatic rings. The molecule has 2 N–H and O–H groups in total. The molecule has 2 heterocycles. The fourth-order valence-corrected chi connectivity index (χ4v) is 3.96. The summed E-state index contributed by atoms with van der Waals surface area (Å²) < 4.78 is 0. The molecule has 1 aromatic carbocycles. The zero-order valence-corrected chi connectivity index (χ0v) is 11.1. The number of benzene rings is 1. The first-order chi connectivity index (χ1) is 9.20. The van der Waals surface area contributed by atoms with Crippen molar-refractivity contribution < 1.29 is 4.79 Å². The van der Waals surface area contributed by atoms with Crippen molar-refractivity contribution in [2.45, 2.75) is 16.9 Å². The SMILES string of the molecule is C#CCN1C(=O)N=C(N)C12CCSc1ccccc12. The van der Waals surface area contributed by atoms with Gasteiger partial charge >= 0.3 is 6.03 Å². The van der Waals surface area contributed by atoms with Gasteiger partial charge in [-0.1, -0.05) is 24.1 Å². The summed E-state index contributed by atoms with van der Waals surface area (Å²) in [6.45, 7) is 0.224. The van der Waals surface area contributed by atoms with Gasteiger partial charge < -0.3 is 5.73 Å². The summed E-state index contributed by atoms with van der Waals surface area (Å²) in [5.74, 6) is 3.78. The summed E-state index contributed by atoms with van der Waals surface area (Å²) in [6.07, 6.45) is 6.13. The molecular formula is C14H13N3OS. The maximum absolute atomic E-state index is 12.0. The molecular weight excluding hydrogens is 258 g/mol. The Hall–Kier alpha value is -1.93. The van der Waals surface area contributed by atoms with Crippen LogP contribution in [0.15, 0.2) is 34.2 Å². The van der Waals surface area contributed by atoms with Crippen molar-refractivity contribution in [2.24, 2.45) is 10.7 Å². The number of carbonyl (C=O) groups is 1. The first kappa shape index (κ1) is 12.1. The number of amides is 2. The average Bonchev–Trinajstić information content (AvgIpc) is 2.65. The molecule has 19 heavy (non-hydrogen) atoms. The Kier molecular flexibility index (Phi) is 2.76. The summed E-state index contributed by atoms with van der Waals surface area (Å²) >= 11 is 1.77. The second kappa shape index (κ2) is 4.32. The molecule has 0 aromatic heterocycles. The highest BCUT2D eigenvalue weighted by atomic mass is 32.2. The van der Waals surface area contributed by atoms with Gasteiger partial charge in [-0.2, -0.15) is 4.99 Å². The normalized spacial score (nSPS) is 25.1. The molecule has 1 spiro atoms. The highest BCUT2D eigenvalue weighted by Crippen LogP contribution is 2.46. The number of nitrogens with two attached hydrogens (primary N) is 1. The lowest BCUT2D eigenvalue weighted by atomic mass is 9.84. The van der Waals surface area contributed by atoms with Crippen LogP contribution >= 0.6 is 11.8 Å². The fourth-order valence-electron chi connectivity index (χ4n) is 2.78. The number of nitrogens with zero attached hydrogens (tertiary/aromatic N) is 2. The topological polar surface area (TPSA) is 58.7 Å². The third kappa shape index (κ3) is 1.57. The second-order valence-corrected chi connectivity index (χ2v) is 5.66. The number of hydrogen-bond acceptors (Lipinski definition) is 3. The summed E-state index contributed by atoms with van der Waals surface area (Å²) in [5.41, 5.74) is 6.47. The Bertz CT molecular complexity index is 619. The van der Waals surface area contributed by atoms with Crippen molar-refractivity contribution in [3.8, 4) is 12.3 Å². The van der Waals surface area contributed by atoms with Gasteiger partial charge in [0.2, 0.25) is 0 Å². The number of urea groups is 1. The first-order valence-electron chi connectivity index (χ1n) is 6.02. The van der Waals surface area contributed by atoms with E-state index in [9.17, 15) is 4.79 Å². The Morgan fingerprint density at radius 2 is 2.32 bits per heavy atom. The van der Waals surface area contributed by atoms with Crippen molar-refractivity contribution >= 4 is 23.6 Å². The van der Waals surface area contributed by atoms with E-state index in [4.69, 9.17) is 12.2 Å². The van der Waals surface area contributed by atoms with E-state index in [2.05, 4.69) is 10.9 Å². The lowest BCUT2D eigenvalue weighted by Gasteiger charge is -2.41. The van der Waals surface area contributed by atoms with Gasteiger partial charge in [0, 0.05) is 10.6 Å². The number of carbonyl (C=O) groups excluding carboxylic acids is 1. The van der Waals surface area contributed by atoms with E-state index >= 15 is 0 Å². The van der Waals surface area contributed by atoms with Crippen molar-refractivity contribution in [2.75, 3.05) is 12.3 Å². The molecule has 4 nitrogen and oxygen atoms in total. The molecule has 2 aliphatic heterocycles. The smallest absolute Gasteiger partial charge is 0.347 e. The van der Waals surface area contributed by atoms with Crippen molar-refractivity contribution in [3.63, 3.8) is 0 Å². The zero-order valence-electron chi connectivity index (χ0n) is 10.3. The molecule has 0 aliphatic carbocycles. The lowest BCUT2D eigenvalue weighted by Crippen LogP contribution is -2.53. The van der Waals surface area contributed by atoms with Crippen LogP contribution in [0.2, 0.25) is 0 Å². The van der Waals surface area contributed by atoms with E-state index < -0.39 is 5.54 Å². The van der Waals surface area contributed by atoms with Crippen LogP contribution in [0, 0.1) is 12.3 Å². The van der Waals surface area contributed by atoms with Crippen LogP contribution in [-0.2, 0) is 5.54 Å². The number of amidine groups is 1. The Morgan fingerprint density at radius 3 is 3.11 bits per heavy atom. The largest absolute Gasteiger partial charge is 0.385 e. The van der Waals surface area contributed by atoms with E-state index in [0.717, 1.165) is 22.6 Å². The van der Waals surface area contributed by atoms with E-state index in [1.165, 1.54) is 0 Å². The monoisotopic (exact) mass is 271 g/mol. The van der Waals surface area contributed by atoms with Gasteiger partial charge in [-0.25, -0.2) is 4.79 Å². The van der Waals surface area contributed by atoms with Gasteiger partial charge in [-0.05, 0) is 18.1 Å². The van der Waals surface area contributed by atoms with Crippen molar-refractivity contribution in [1.29, 1.82) is 0 Å². The Morgan fingerprint density at radius 1 is 1.53 bits per heavy atom. The standard InChI is InChI=1S/C14H13N3OS/c1-2-8-17-13(18)16-12(15)14(17)7-9-19-11-6-4-3-5-10(11)14/h1,3-6H,7-9H2,(H2,15,16,18). The highest BCUT2D eigenvalue weighted by Gasteiger charge is 2.51. The molecule has 2 amide bonds. The van der Waals surface area contributed by atoms with E-state index in [1.54, 1.807) is 16.7 Å². The number of aliphatic imine (C=N–C) groups is 1. The molecule has 3 rings (SSSR count). The minimum atomic E-state index is -0.648. The van der Waals surface area contributed by atoms with Gasteiger partial charge in [0.05, 0.1) is 6.54 Å². The van der Waals surface area contributed by atoms with Crippen molar-refractivity contribution in [1.82, 2.24) is 4.90 Å². The third-order valence-corrected chi connectivity index (χ3v) is 4.71. The molecule has 0 saturated carbocycles. The first-order valence-corrected chi connectivity index (χ1v) is 7.00. The Balaban J connectivity index is 2.20. The molecule has 2 aliphatic rings. The third-order valence-electron chi connectivity index (χ3n) is 3.63. The van der Waals surface area contributed by atoms with Gasteiger partial charge in [-0.3, -0.25) is 4.90 Å². The molecule has 0 radical (unpaired) electrons. The molecule has 5 heteroatoms. The fraction of sp³-hybridized carbons (Fsp3) is 0.286. The minimum absolute atomic E-state index is 0.224. The highest BCUT2D eigenvalue weighted by molar-refractivity contribution is 7.99. The van der Waals surface area contributed by atoms with Gasteiger partial charge in [-0.15, -0.1) is 18.2 Å². The van der Waals surface area contributed by atoms with Crippen LogP contribution in [0.1, 0.15) is 12.0 Å². The number of thioether (sulfide) groups is 1. The molecule has 0 saturated heterocycles. The maximum atomic E-state index is 12.0. The summed E-state index contributed by atoms with van der Waals surface area (Å²) in [4.78, 5) is 18.7. The lowest BCUT2D eigenvalue weighted by molar-refractivity contribution is 0.177. The quantitative estimate of drug-likeness (QED) is 0.792. The molecule has 0 bridgehead atoms. The molecule has 0 fully saturated rings. The predicted molar refractivity (Wildman–Crippen MR) is 76.0 cm³/mol. The van der Waals surface area contributed by atoms with Gasteiger partial charge in [0.25, 0.3) is 0 Å². The number of fused-ring (bicyclic) bond motifs is 2. The van der Waals surface area contributed by atoms with E-state index in [-0.39, 0.29) is 12.6 Å². The molecule has 1 atom stereocenters. The van der Waals surface area contributed by atoms with Crippen molar-refractivity contribution in [3.05, 3.63) is 29.8 Å². The van der Waals surface area contributed by atoms with Gasteiger partial charge in [0.1, 0.15) is 11.4 Å². The summed E-state index contributed by atoms with van der Waals surface area (Å²) in [6, 6.07) is 7.66. The maximum Gasteiger partial charge on any atom is 0.347 e. The van der Waals surface area contributed by atoms with E-state index in [1.807, 2.05) is 24.3 Å². The summed E-state index contributed by atoms with van der Waals surface area (Å²) in [5, 5.41) is 0. The minimum Gasteiger partial charge on any atom is -0.385 e. The van der Waals surface area contributed by atoms with Crippen LogP contribution in [0.5, 0.6) is 0 Å². The zero-order chi connectivity index (χ0) is 13.5.